The van der Waals surface area contributed by atoms with Gasteiger partial charge >= 0.3 is 0 Å². The molecule has 0 aliphatic heterocycles. The van der Waals surface area contributed by atoms with E-state index < -0.39 is 0 Å². The van der Waals surface area contributed by atoms with E-state index in [1.54, 1.807) is 11.8 Å². The molecule has 0 amide bonds. The van der Waals surface area contributed by atoms with Crippen LogP contribution in [0.3, 0.4) is 0 Å². The Balaban J connectivity index is 2.01. The number of nitrogen functional groups attached to an aromatic ring is 1. The fraction of sp³-hybridized carbons (Fsp3) is 0.667. The first kappa shape index (κ1) is 10.1. The summed E-state index contributed by atoms with van der Waals surface area (Å²) in [5.41, 5.74) is 6.27. The lowest BCUT2D eigenvalue weighted by Crippen LogP contribution is -2.11. The quantitative estimate of drug-likeness (QED) is 0.779. The highest BCUT2D eigenvalue weighted by molar-refractivity contribution is 7.99. The molecule has 1 aliphatic carbocycles. The minimum Gasteiger partial charge on any atom is -0.382 e. The normalized spacial score (nSPS) is 18.1. The van der Waals surface area contributed by atoms with Gasteiger partial charge in [0.25, 0.3) is 0 Å². The predicted octanol–water partition coefficient (Wildman–Crippen LogP) is 2.66. The first-order valence-electron chi connectivity index (χ1n) is 4.68. The van der Waals surface area contributed by atoms with Crippen molar-refractivity contribution in [3.63, 3.8) is 0 Å². The number of thioether (sulfide) groups is 1. The van der Waals surface area contributed by atoms with Crippen molar-refractivity contribution in [1.82, 2.24) is 4.37 Å². The van der Waals surface area contributed by atoms with Crippen molar-refractivity contribution in [2.24, 2.45) is 5.41 Å². The third-order valence-corrected chi connectivity index (χ3v) is 4.43. The zero-order valence-corrected chi connectivity index (χ0v) is 10.1. The number of rotatable bonds is 4. The van der Waals surface area contributed by atoms with Gasteiger partial charge in [-0.1, -0.05) is 6.92 Å². The molecule has 0 saturated heterocycles. The molecular formula is C9H15N3S2. The van der Waals surface area contributed by atoms with Crippen molar-refractivity contribution in [2.75, 3.05) is 23.9 Å². The Morgan fingerprint density at radius 3 is 2.93 bits per heavy atom. The molecule has 0 bridgehead atoms. The van der Waals surface area contributed by atoms with Crippen LogP contribution in [0.2, 0.25) is 0 Å². The SMILES string of the molecule is CSc1c(N)nsc1NCC1(C)CC1. The number of hydrogen-bond donors (Lipinski definition) is 2. The zero-order valence-electron chi connectivity index (χ0n) is 8.46. The van der Waals surface area contributed by atoms with Gasteiger partial charge < -0.3 is 11.1 Å². The van der Waals surface area contributed by atoms with Crippen LogP contribution in [0.5, 0.6) is 0 Å². The minimum atomic E-state index is 0.522. The Bertz CT molecular complexity index is 331. The Morgan fingerprint density at radius 2 is 2.36 bits per heavy atom. The molecule has 1 saturated carbocycles. The first-order chi connectivity index (χ1) is 6.64. The second kappa shape index (κ2) is 3.62. The van der Waals surface area contributed by atoms with Crippen LogP contribution < -0.4 is 11.1 Å². The average Bonchev–Trinajstić information content (AvgIpc) is 2.78. The molecule has 0 aromatic carbocycles. The van der Waals surface area contributed by atoms with Crippen LogP contribution in [0, 0.1) is 5.41 Å². The van der Waals surface area contributed by atoms with Gasteiger partial charge in [-0.25, -0.2) is 0 Å². The molecule has 1 aromatic rings. The van der Waals surface area contributed by atoms with Crippen LogP contribution >= 0.6 is 23.3 Å². The smallest absolute Gasteiger partial charge is 0.153 e. The van der Waals surface area contributed by atoms with Gasteiger partial charge in [0.05, 0.1) is 4.90 Å². The largest absolute Gasteiger partial charge is 0.382 e. The van der Waals surface area contributed by atoms with Gasteiger partial charge in [-0.3, -0.25) is 0 Å². The molecule has 0 unspecified atom stereocenters. The second-order valence-corrected chi connectivity index (χ2v) is 5.68. The van der Waals surface area contributed by atoms with Gasteiger partial charge in [-0.2, -0.15) is 4.37 Å². The predicted molar refractivity (Wildman–Crippen MR) is 64.1 cm³/mol. The lowest BCUT2D eigenvalue weighted by Gasteiger charge is -2.10. The summed E-state index contributed by atoms with van der Waals surface area (Å²) in [4.78, 5) is 1.10. The van der Waals surface area contributed by atoms with Crippen LogP contribution in [0.15, 0.2) is 4.90 Å². The maximum Gasteiger partial charge on any atom is 0.153 e. The summed E-state index contributed by atoms with van der Waals surface area (Å²) in [5.74, 6) is 0.658. The highest BCUT2D eigenvalue weighted by Crippen LogP contribution is 2.45. The molecule has 3 N–H and O–H groups in total. The van der Waals surface area contributed by atoms with Crippen LogP contribution in [-0.4, -0.2) is 17.2 Å². The summed E-state index contributed by atoms with van der Waals surface area (Å²) in [7, 11) is 0. The third kappa shape index (κ3) is 1.98. The molecule has 0 atom stereocenters. The van der Waals surface area contributed by atoms with Crippen molar-refractivity contribution >= 4 is 34.1 Å². The van der Waals surface area contributed by atoms with E-state index in [1.807, 2.05) is 6.26 Å². The maximum absolute atomic E-state index is 5.75. The Kier molecular flexibility index (Phi) is 2.62. The number of nitrogens with one attached hydrogen (secondary N) is 1. The molecule has 78 valence electrons. The molecule has 3 nitrogen and oxygen atoms in total. The fourth-order valence-corrected chi connectivity index (χ4v) is 2.82. The molecule has 5 heteroatoms. The summed E-state index contributed by atoms with van der Waals surface area (Å²) in [6.07, 6.45) is 4.70. The Hall–Kier alpha value is -0.420. The maximum atomic E-state index is 5.75. The molecule has 1 heterocycles. The number of aromatic nitrogens is 1. The molecule has 2 rings (SSSR count). The van der Waals surface area contributed by atoms with E-state index in [9.17, 15) is 0 Å². The molecule has 14 heavy (non-hydrogen) atoms. The summed E-state index contributed by atoms with van der Waals surface area (Å²) in [6.45, 7) is 3.35. The summed E-state index contributed by atoms with van der Waals surface area (Å²) >= 11 is 3.12. The van der Waals surface area contributed by atoms with Crippen molar-refractivity contribution < 1.29 is 0 Å². The monoisotopic (exact) mass is 229 g/mol. The molecular weight excluding hydrogens is 214 g/mol. The first-order valence-corrected chi connectivity index (χ1v) is 6.67. The van der Waals surface area contributed by atoms with E-state index in [1.165, 1.54) is 24.4 Å². The van der Waals surface area contributed by atoms with Crippen LogP contribution in [0.4, 0.5) is 10.8 Å². The second-order valence-electron chi connectivity index (χ2n) is 4.09. The van der Waals surface area contributed by atoms with Crippen LogP contribution in [0.1, 0.15) is 19.8 Å². The van der Waals surface area contributed by atoms with E-state index in [-0.39, 0.29) is 0 Å². The summed E-state index contributed by atoms with van der Waals surface area (Å²) in [6, 6.07) is 0. The zero-order chi connectivity index (χ0) is 10.2. The fourth-order valence-electron chi connectivity index (χ4n) is 1.29. The van der Waals surface area contributed by atoms with Crippen molar-refractivity contribution in [3.05, 3.63) is 0 Å². The lowest BCUT2D eigenvalue weighted by atomic mass is 10.1. The molecule has 1 aliphatic rings. The molecule has 1 fully saturated rings. The van der Waals surface area contributed by atoms with Crippen molar-refractivity contribution in [3.8, 4) is 0 Å². The highest BCUT2D eigenvalue weighted by Gasteiger charge is 2.37. The molecule has 0 spiro atoms. The van der Waals surface area contributed by atoms with Gasteiger partial charge in [0.2, 0.25) is 0 Å². The van der Waals surface area contributed by atoms with Gasteiger partial charge in [0.15, 0.2) is 5.82 Å². The van der Waals surface area contributed by atoms with Crippen molar-refractivity contribution in [2.45, 2.75) is 24.7 Å². The third-order valence-electron chi connectivity index (χ3n) is 2.66. The average molecular weight is 229 g/mol. The van der Waals surface area contributed by atoms with Crippen molar-refractivity contribution in [1.29, 1.82) is 0 Å². The van der Waals surface area contributed by atoms with Gasteiger partial charge in [-0.05, 0) is 36.0 Å². The molecule has 0 radical (unpaired) electrons. The summed E-state index contributed by atoms with van der Waals surface area (Å²) in [5, 5.41) is 4.57. The van der Waals surface area contributed by atoms with E-state index >= 15 is 0 Å². The van der Waals surface area contributed by atoms with Gasteiger partial charge in [-0.15, -0.1) is 11.8 Å². The minimum absolute atomic E-state index is 0.522. The number of nitrogens with two attached hydrogens (primary N) is 1. The number of anilines is 2. The standard InChI is InChI=1S/C9H15N3S2/c1-9(3-4-9)5-11-8-6(13-2)7(10)12-14-8/h11H,3-5H2,1-2H3,(H2,10,12). The van der Waals surface area contributed by atoms with E-state index in [4.69, 9.17) is 5.73 Å². The Morgan fingerprint density at radius 1 is 1.64 bits per heavy atom. The number of hydrogen-bond acceptors (Lipinski definition) is 5. The Labute approximate surface area is 92.6 Å². The van der Waals surface area contributed by atoms with Crippen LogP contribution in [-0.2, 0) is 0 Å². The topological polar surface area (TPSA) is 50.9 Å². The number of nitrogens with zero attached hydrogens (tertiary/aromatic N) is 1. The van der Waals surface area contributed by atoms with E-state index in [2.05, 4.69) is 16.6 Å². The van der Waals surface area contributed by atoms with Gasteiger partial charge in [0, 0.05) is 6.54 Å². The van der Waals surface area contributed by atoms with Gasteiger partial charge in [0.1, 0.15) is 5.00 Å². The van der Waals surface area contributed by atoms with Crippen LogP contribution in [0.25, 0.3) is 0 Å². The lowest BCUT2D eigenvalue weighted by molar-refractivity contribution is 0.611. The highest BCUT2D eigenvalue weighted by atomic mass is 32.2. The van der Waals surface area contributed by atoms with E-state index in [0.29, 0.717) is 11.2 Å². The van der Waals surface area contributed by atoms with E-state index in [0.717, 1.165) is 16.4 Å². The summed E-state index contributed by atoms with van der Waals surface area (Å²) < 4.78 is 4.14. The molecule has 1 aromatic heterocycles.